The molecule has 2 aliphatic rings. The molecule has 114 valence electrons. The van der Waals surface area contributed by atoms with Crippen LogP contribution >= 0.6 is 0 Å². The maximum atomic E-state index is 12.1. The third-order valence-electron chi connectivity index (χ3n) is 3.86. The molecule has 1 heterocycles. The minimum atomic E-state index is -0.413. The summed E-state index contributed by atoms with van der Waals surface area (Å²) < 4.78 is 5.44. The van der Waals surface area contributed by atoms with Gasteiger partial charge in [-0.25, -0.2) is 4.79 Å². The quantitative estimate of drug-likeness (QED) is 0.805. The average Bonchev–Trinajstić information content (AvgIpc) is 2.30. The van der Waals surface area contributed by atoms with E-state index in [2.05, 4.69) is 11.4 Å². The molecule has 0 spiro atoms. The molecule has 20 heavy (non-hydrogen) atoms. The van der Waals surface area contributed by atoms with Crippen molar-refractivity contribution in [2.45, 2.75) is 64.5 Å². The molecule has 1 aliphatic carbocycles. The number of nitrogens with zero attached hydrogens (tertiary/aromatic N) is 1. The second kappa shape index (κ2) is 6.61. The zero-order valence-electron chi connectivity index (χ0n) is 13.1. The van der Waals surface area contributed by atoms with Crippen molar-refractivity contribution in [1.29, 1.82) is 0 Å². The van der Waals surface area contributed by atoms with Crippen molar-refractivity contribution in [3.63, 3.8) is 0 Å². The van der Waals surface area contributed by atoms with Gasteiger partial charge >= 0.3 is 6.09 Å². The van der Waals surface area contributed by atoms with E-state index in [0.717, 1.165) is 38.5 Å². The van der Waals surface area contributed by atoms with Gasteiger partial charge in [-0.1, -0.05) is 18.1 Å². The van der Waals surface area contributed by atoms with E-state index in [1.807, 2.05) is 25.7 Å². The standard InChI is InChI=1S/C16H28N2O2/c1-16(2,3)20-15(19)18-11-5-6-13(12-18)9-10-17-14-7-4-8-14/h6,14,17H,4-5,7-12H2,1-3H3. The van der Waals surface area contributed by atoms with Gasteiger partial charge in [0.05, 0.1) is 0 Å². The lowest BCUT2D eigenvalue weighted by Gasteiger charge is -2.31. The van der Waals surface area contributed by atoms with E-state index < -0.39 is 5.60 Å². The van der Waals surface area contributed by atoms with Crippen molar-refractivity contribution in [3.05, 3.63) is 11.6 Å². The summed E-state index contributed by atoms with van der Waals surface area (Å²) in [5.74, 6) is 0. The second-order valence-electron chi connectivity index (χ2n) is 6.88. The van der Waals surface area contributed by atoms with E-state index >= 15 is 0 Å². The lowest BCUT2D eigenvalue weighted by atomic mass is 9.93. The highest BCUT2D eigenvalue weighted by Gasteiger charge is 2.24. The predicted molar refractivity (Wildman–Crippen MR) is 80.8 cm³/mol. The Morgan fingerprint density at radius 3 is 2.80 bits per heavy atom. The predicted octanol–water partition coefficient (Wildman–Crippen LogP) is 3.09. The van der Waals surface area contributed by atoms with Gasteiger partial charge in [0.2, 0.25) is 0 Å². The molecule has 1 aliphatic heterocycles. The fourth-order valence-corrected chi connectivity index (χ4v) is 2.53. The number of hydrogen-bond acceptors (Lipinski definition) is 3. The lowest BCUT2D eigenvalue weighted by molar-refractivity contribution is 0.0260. The highest BCUT2D eigenvalue weighted by Crippen LogP contribution is 2.19. The largest absolute Gasteiger partial charge is 0.444 e. The van der Waals surface area contributed by atoms with Crippen LogP contribution < -0.4 is 5.32 Å². The topological polar surface area (TPSA) is 41.6 Å². The summed E-state index contributed by atoms with van der Waals surface area (Å²) >= 11 is 0. The van der Waals surface area contributed by atoms with Crippen molar-refractivity contribution in [1.82, 2.24) is 10.2 Å². The molecule has 1 saturated carbocycles. The summed E-state index contributed by atoms with van der Waals surface area (Å²) in [6.07, 6.45) is 8.09. The van der Waals surface area contributed by atoms with E-state index in [9.17, 15) is 4.79 Å². The van der Waals surface area contributed by atoms with Gasteiger partial charge in [-0.2, -0.15) is 0 Å². The Hall–Kier alpha value is -1.03. The summed E-state index contributed by atoms with van der Waals surface area (Å²) in [6.45, 7) is 8.25. The zero-order chi connectivity index (χ0) is 14.6. The van der Waals surface area contributed by atoms with Crippen molar-refractivity contribution < 1.29 is 9.53 Å². The summed E-state index contributed by atoms with van der Waals surface area (Å²) in [7, 11) is 0. The molecule has 4 heteroatoms. The summed E-state index contributed by atoms with van der Waals surface area (Å²) in [4.78, 5) is 13.9. The smallest absolute Gasteiger partial charge is 0.410 e. The van der Waals surface area contributed by atoms with Crippen LogP contribution in [0.3, 0.4) is 0 Å². The maximum absolute atomic E-state index is 12.1. The molecule has 0 bridgehead atoms. The number of nitrogens with one attached hydrogen (secondary N) is 1. The number of ether oxygens (including phenoxy) is 1. The monoisotopic (exact) mass is 280 g/mol. The second-order valence-corrected chi connectivity index (χ2v) is 6.88. The molecule has 0 aromatic heterocycles. The fraction of sp³-hybridized carbons (Fsp3) is 0.812. The van der Waals surface area contributed by atoms with E-state index in [1.165, 1.54) is 24.8 Å². The van der Waals surface area contributed by atoms with Crippen LogP contribution in [0.5, 0.6) is 0 Å². The molecule has 0 atom stereocenters. The Labute approximate surface area is 122 Å². The Morgan fingerprint density at radius 2 is 2.20 bits per heavy atom. The Kier molecular flexibility index (Phi) is 5.08. The zero-order valence-corrected chi connectivity index (χ0v) is 13.1. The molecule has 1 amide bonds. The SMILES string of the molecule is CC(C)(C)OC(=O)N1CCC=C(CCNC2CCC2)C1. The maximum Gasteiger partial charge on any atom is 0.410 e. The number of hydrogen-bond donors (Lipinski definition) is 1. The van der Waals surface area contributed by atoms with Gasteiger partial charge in [0.1, 0.15) is 5.60 Å². The van der Waals surface area contributed by atoms with Gasteiger partial charge in [0.15, 0.2) is 0 Å². The molecule has 2 rings (SSSR count). The van der Waals surface area contributed by atoms with Gasteiger partial charge in [0.25, 0.3) is 0 Å². The minimum absolute atomic E-state index is 0.185. The Balaban J connectivity index is 1.72. The van der Waals surface area contributed by atoms with Gasteiger partial charge in [-0.3, -0.25) is 0 Å². The fourth-order valence-electron chi connectivity index (χ4n) is 2.53. The number of rotatable bonds is 4. The van der Waals surface area contributed by atoms with E-state index in [4.69, 9.17) is 4.74 Å². The summed E-state index contributed by atoms with van der Waals surface area (Å²) in [6, 6.07) is 0.737. The van der Waals surface area contributed by atoms with Crippen molar-refractivity contribution >= 4 is 6.09 Å². The normalized spacial score (nSPS) is 20.4. The van der Waals surface area contributed by atoms with E-state index in [1.54, 1.807) is 0 Å². The molecular weight excluding hydrogens is 252 g/mol. The third kappa shape index (κ3) is 4.82. The highest BCUT2D eigenvalue weighted by molar-refractivity contribution is 5.68. The first-order valence-corrected chi connectivity index (χ1v) is 7.83. The van der Waals surface area contributed by atoms with E-state index in [0.29, 0.717) is 0 Å². The van der Waals surface area contributed by atoms with Crippen LogP contribution in [-0.2, 0) is 4.74 Å². The van der Waals surface area contributed by atoms with Crippen molar-refractivity contribution in [2.75, 3.05) is 19.6 Å². The number of amides is 1. The first kappa shape index (κ1) is 15.4. The minimum Gasteiger partial charge on any atom is -0.444 e. The Bertz CT molecular complexity index is 367. The number of carbonyl (C=O) groups is 1. The molecular formula is C16H28N2O2. The summed E-state index contributed by atoms with van der Waals surface area (Å²) in [5.41, 5.74) is 0.943. The molecule has 0 aromatic rings. The number of carbonyl (C=O) groups excluding carboxylic acids is 1. The van der Waals surface area contributed by atoms with Crippen LogP contribution in [0.2, 0.25) is 0 Å². The molecule has 0 unspecified atom stereocenters. The van der Waals surface area contributed by atoms with Gasteiger partial charge < -0.3 is 15.0 Å². The molecule has 0 radical (unpaired) electrons. The van der Waals surface area contributed by atoms with Crippen LogP contribution in [0.15, 0.2) is 11.6 Å². The first-order valence-electron chi connectivity index (χ1n) is 7.83. The van der Waals surface area contributed by atoms with E-state index in [-0.39, 0.29) is 6.09 Å². The molecule has 4 nitrogen and oxygen atoms in total. The molecule has 0 saturated heterocycles. The van der Waals surface area contributed by atoms with Crippen molar-refractivity contribution in [2.24, 2.45) is 0 Å². The average molecular weight is 280 g/mol. The molecule has 1 N–H and O–H groups in total. The highest BCUT2D eigenvalue weighted by atomic mass is 16.6. The Morgan fingerprint density at radius 1 is 1.45 bits per heavy atom. The first-order chi connectivity index (χ1) is 9.44. The van der Waals surface area contributed by atoms with Crippen LogP contribution in [0.25, 0.3) is 0 Å². The van der Waals surface area contributed by atoms with Crippen LogP contribution in [0.1, 0.15) is 52.9 Å². The van der Waals surface area contributed by atoms with Crippen molar-refractivity contribution in [3.8, 4) is 0 Å². The van der Waals surface area contributed by atoms with Crippen LogP contribution in [0, 0.1) is 0 Å². The van der Waals surface area contributed by atoms with Crippen LogP contribution in [0.4, 0.5) is 4.79 Å². The lowest BCUT2D eigenvalue weighted by Crippen LogP contribution is -2.40. The third-order valence-corrected chi connectivity index (χ3v) is 3.86. The van der Waals surface area contributed by atoms with Gasteiger partial charge in [-0.15, -0.1) is 0 Å². The van der Waals surface area contributed by atoms with Gasteiger partial charge in [-0.05, 0) is 53.0 Å². The molecule has 0 aromatic carbocycles. The summed E-state index contributed by atoms with van der Waals surface area (Å²) in [5, 5.41) is 3.57. The molecule has 1 fully saturated rings. The van der Waals surface area contributed by atoms with Gasteiger partial charge in [0, 0.05) is 19.1 Å². The van der Waals surface area contributed by atoms with Crippen LogP contribution in [-0.4, -0.2) is 42.3 Å².